The van der Waals surface area contributed by atoms with Crippen molar-refractivity contribution in [2.75, 3.05) is 18.1 Å². The Morgan fingerprint density at radius 2 is 1.97 bits per heavy atom. The molecule has 3 aromatic heterocycles. The maximum atomic E-state index is 12.9. The number of rotatable bonds is 7. The van der Waals surface area contributed by atoms with Crippen LogP contribution in [0.2, 0.25) is 0 Å². The molecular weight excluding hydrogens is 524 g/mol. The van der Waals surface area contributed by atoms with E-state index in [1.807, 2.05) is 35.8 Å². The van der Waals surface area contributed by atoms with Gasteiger partial charge < -0.3 is 10.2 Å². The predicted octanol–water partition coefficient (Wildman–Crippen LogP) is 3.85. The van der Waals surface area contributed by atoms with Crippen LogP contribution in [0, 0.1) is 0 Å². The number of nitrogens with one attached hydrogen (secondary N) is 1. The van der Waals surface area contributed by atoms with Crippen LogP contribution in [0.5, 0.6) is 0 Å². The zero-order chi connectivity index (χ0) is 27.0. The van der Waals surface area contributed by atoms with Crippen LogP contribution >= 0.6 is 11.3 Å². The summed E-state index contributed by atoms with van der Waals surface area (Å²) in [5.74, 6) is -0.446. The summed E-state index contributed by atoms with van der Waals surface area (Å²) in [6.45, 7) is 4.62. The van der Waals surface area contributed by atoms with Crippen LogP contribution < -0.4 is 5.32 Å². The number of amides is 2. The van der Waals surface area contributed by atoms with E-state index in [0.29, 0.717) is 18.1 Å². The van der Waals surface area contributed by atoms with Crippen molar-refractivity contribution in [3.8, 4) is 22.5 Å². The summed E-state index contributed by atoms with van der Waals surface area (Å²) >= 11 is 1.30. The smallest absolute Gasteiger partial charge is 0.256 e. The number of benzene rings is 1. The van der Waals surface area contributed by atoms with Crippen molar-refractivity contribution >= 4 is 38.3 Å². The van der Waals surface area contributed by atoms with Crippen LogP contribution in [0.25, 0.3) is 22.5 Å². The Morgan fingerprint density at radius 3 is 2.66 bits per heavy atom. The molecule has 1 aromatic carbocycles. The van der Waals surface area contributed by atoms with Crippen LogP contribution in [-0.4, -0.2) is 62.9 Å². The second-order valence-electron chi connectivity index (χ2n) is 9.39. The quantitative estimate of drug-likeness (QED) is 0.370. The fourth-order valence-electron chi connectivity index (χ4n) is 4.26. The third kappa shape index (κ3) is 5.09. The van der Waals surface area contributed by atoms with Gasteiger partial charge in [0.1, 0.15) is 12.4 Å². The van der Waals surface area contributed by atoms with Gasteiger partial charge in [0.05, 0.1) is 23.2 Å². The zero-order valence-corrected chi connectivity index (χ0v) is 22.7. The van der Waals surface area contributed by atoms with E-state index in [0.717, 1.165) is 38.3 Å². The summed E-state index contributed by atoms with van der Waals surface area (Å²) < 4.78 is 24.4. The molecule has 1 fully saturated rings. The topological polar surface area (TPSA) is 127 Å². The van der Waals surface area contributed by atoms with Crippen LogP contribution in [0.3, 0.4) is 0 Å². The molecule has 0 saturated carbocycles. The maximum absolute atomic E-state index is 12.9. The van der Waals surface area contributed by atoms with Crippen molar-refractivity contribution in [3.05, 3.63) is 71.8 Å². The van der Waals surface area contributed by atoms with Gasteiger partial charge in [-0.25, -0.2) is 23.4 Å². The molecule has 0 aliphatic carbocycles. The Hall–Kier alpha value is -3.90. The summed E-state index contributed by atoms with van der Waals surface area (Å²) in [7, 11) is -3.49. The van der Waals surface area contributed by atoms with Gasteiger partial charge in [0.15, 0.2) is 5.13 Å². The first-order chi connectivity index (χ1) is 18.1. The van der Waals surface area contributed by atoms with Crippen molar-refractivity contribution in [2.24, 2.45) is 0 Å². The second-order valence-corrected chi connectivity index (χ2v) is 12.1. The number of carbonyl (C=O) groups is 2. The molecule has 4 aromatic rings. The SMILES string of the molecule is CC(C)c1cncnc1-c1cccc(-c2csc(NC(=O)[C@@H]3CCN3C(=O)c3ccn(S(C)(=O)=O)c3)n2)c1. The summed E-state index contributed by atoms with van der Waals surface area (Å²) in [6.07, 6.45) is 7.53. The van der Waals surface area contributed by atoms with Crippen LogP contribution in [0.1, 0.15) is 42.1 Å². The minimum absolute atomic E-state index is 0.216. The summed E-state index contributed by atoms with van der Waals surface area (Å²) in [6, 6.07) is 8.71. The Balaban J connectivity index is 1.29. The summed E-state index contributed by atoms with van der Waals surface area (Å²) in [5.41, 5.74) is 4.72. The number of anilines is 1. The van der Waals surface area contributed by atoms with Crippen molar-refractivity contribution < 1.29 is 18.0 Å². The minimum atomic E-state index is -3.49. The fraction of sp³-hybridized carbons (Fsp3) is 0.269. The molecule has 5 rings (SSSR count). The highest BCUT2D eigenvalue weighted by molar-refractivity contribution is 7.89. The van der Waals surface area contributed by atoms with E-state index in [4.69, 9.17) is 0 Å². The number of aromatic nitrogens is 4. The molecular formula is C26H26N6O4S2. The lowest BCUT2D eigenvalue weighted by Crippen LogP contribution is -2.56. The molecule has 38 heavy (non-hydrogen) atoms. The average Bonchev–Trinajstić information content (AvgIpc) is 3.54. The zero-order valence-electron chi connectivity index (χ0n) is 21.0. The number of nitrogens with zero attached hydrogens (tertiary/aromatic N) is 5. The minimum Gasteiger partial charge on any atom is -0.326 e. The van der Waals surface area contributed by atoms with Crippen molar-refractivity contribution in [2.45, 2.75) is 32.2 Å². The first-order valence-electron chi connectivity index (χ1n) is 12.0. The van der Waals surface area contributed by atoms with E-state index in [1.165, 1.54) is 34.7 Å². The number of hydrogen-bond acceptors (Lipinski definition) is 8. The molecule has 0 bridgehead atoms. The van der Waals surface area contributed by atoms with Crippen molar-refractivity contribution in [1.82, 2.24) is 23.8 Å². The molecule has 0 spiro atoms. The molecule has 1 aliphatic heterocycles. The van der Waals surface area contributed by atoms with Crippen LogP contribution in [-0.2, 0) is 14.8 Å². The van der Waals surface area contributed by atoms with E-state index in [-0.39, 0.29) is 23.3 Å². The molecule has 12 heteroatoms. The van der Waals surface area contributed by atoms with Gasteiger partial charge in [-0.15, -0.1) is 11.3 Å². The summed E-state index contributed by atoms with van der Waals surface area (Å²) in [4.78, 5) is 40.5. The van der Waals surface area contributed by atoms with Crippen LogP contribution in [0.15, 0.2) is 60.6 Å². The molecule has 1 aliphatic rings. The largest absolute Gasteiger partial charge is 0.326 e. The van der Waals surface area contributed by atoms with Crippen LogP contribution in [0.4, 0.5) is 5.13 Å². The molecule has 196 valence electrons. The van der Waals surface area contributed by atoms with E-state index >= 15 is 0 Å². The molecule has 4 heterocycles. The molecule has 0 radical (unpaired) electrons. The number of hydrogen-bond donors (Lipinski definition) is 1. The van der Waals surface area contributed by atoms with E-state index in [1.54, 1.807) is 6.33 Å². The second kappa shape index (κ2) is 10.1. The van der Waals surface area contributed by atoms with Crippen molar-refractivity contribution in [3.63, 3.8) is 0 Å². The third-order valence-electron chi connectivity index (χ3n) is 6.41. The van der Waals surface area contributed by atoms with Gasteiger partial charge in [-0.2, -0.15) is 0 Å². The lowest BCUT2D eigenvalue weighted by Gasteiger charge is -2.39. The normalized spacial score (nSPS) is 15.4. The highest BCUT2D eigenvalue weighted by Gasteiger charge is 2.38. The predicted molar refractivity (Wildman–Crippen MR) is 145 cm³/mol. The van der Waals surface area contributed by atoms with E-state index in [9.17, 15) is 18.0 Å². The Bertz CT molecular complexity index is 1630. The Kier molecular flexibility index (Phi) is 6.84. The van der Waals surface area contributed by atoms with Gasteiger partial charge in [0, 0.05) is 41.6 Å². The lowest BCUT2D eigenvalue weighted by atomic mass is 9.97. The van der Waals surface area contributed by atoms with Gasteiger partial charge in [-0.1, -0.05) is 32.0 Å². The van der Waals surface area contributed by atoms with E-state index < -0.39 is 16.1 Å². The van der Waals surface area contributed by atoms with Gasteiger partial charge in [-0.3, -0.25) is 13.6 Å². The number of thiazole rings is 1. The molecule has 1 N–H and O–H groups in total. The van der Waals surface area contributed by atoms with Gasteiger partial charge >= 0.3 is 0 Å². The first-order valence-corrected chi connectivity index (χ1v) is 14.7. The number of likely N-dealkylation sites (tertiary alicyclic amines) is 1. The maximum Gasteiger partial charge on any atom is 0.256 e. The molecule has 2 amide bonds. The lowest BCUT2D eigenvalue weighted by molar-refractivity contribution is -0.123. The Labute approximate surface area is 224 Å². The molecule has 0 unspecified atom stereocenters. The average molecular weight is 551 g/mol. The summed E-state index contributed by atoms with van der Waals surface area (Å²) in [5, 5.41) is 5.13. The highest BCUT2D eigenvalue weighted by Crippen LogP contribution is 2.32. The molecule has 1 atom stereocenters. The van der Waals surface area contributed by atoms with E-state index in [2.05, 4.69) is 34.1 Å². The van der Waals surface area contributed by atoms with Crippen molar-refractivity contribution in [1.29, 1.82) is 0 Å². The standard InChI is InChI=1S/C26H26N6O4S2/c1-16(2)20-12-27-15-28-23(20)18-6-4-5-17(11-18)21-14-37-26(29-21)30-24(33)22-8-10-32(22)25(34)19-7-9-31(13-19)38(3,35)36/h4-7,9,11-16,22H,8,10H2,1-3H3,(H,29,30,33)/t22-/m0/s1. The van der Waals surface area contributed by atoms with Gasteiger partial charge in [0.2, 0.25) is 15.9 Å². The monoisotopic (exact) mass is 550 g/mol. The Morgan fingerprint density at radius 1 is 1.18 bits per heavy atom. The van der Waals surface area contributed by atoms with Gasteiger partial charge in [0.25, 0.3) is 5.91 Å². The molecule has 1 saturated heterocycles. The number of carbonyl (C=O) groups excluding carboxylic acids is 2. The third-order valence-corrected chi connectivity index (χ3v) is 8.16. The first kappa shape index (κ1) is 25.7. The van der Waals surface area contributed by atoms with Gasteiger partial charge in [-0.05, 0) is 30.0 Å². The fourth-order valence-corrected chi connectivity index (χ4v) is 5.57. The molecule has 10 nitrogen and oxygen atoms in total. The highest BCUT2D eigenvalue weighted by atomic mass is 32.2.